The highest BCUT2D eigenvalue weighted by Crippen LogP contribution is 2.48. The summed E-state index contributed by atoms with van der Waals surface area (Å²) in [5, 5.41) is 0. The molecule has 1 heterocycles. The highest BCUT2D eigenvalue weighted by atomic mass is 28.5. The first-order valence-electron chi connectivity index (χ1n) is 12.3. The zero-order chi connectivity index (χ0) is 22.8. The van der Waals surface area contributed by atoms with E-state index in [2.05, 4.69) is 62.3 Å². The Morgan fingerprint density at radius 1 is 0.500 bits per heavy atom. The third kappa shape index (κ3) is 6.48. The largest absolute Gasteiger partial charge is 0.489 e. The Morgan fingerprint density at radius 3 is 0.900 bits per heavy atom. The molecule has 0 spiro atoms. The molecule has 0 aromatic carbocycles. The Bertz CT molecular complexity index is 409. The Hall–Kier alpha value is 0.411. The quantitative estimate of drug-likeness (QED) is 0.248. The molecule has 6 nitrogen and oxygen atoms in total. The highest BCUT2D eigenvalue weighted by molar-refractivity contribution is 6.90. The van der Waals surface area contributed by atoms with Crippen molar-refractivity contribution in [1.82, 2.24) is 0 Å². The molecular weight excluding hydrogens is 432 g/mol. The van der Waals surface area contributed by atoms with Crippen LogP contribution in [0, 0.1) is 0 Å². The van der Waals surface area contributed by atoms with Gasteiger partial charge in [0, 0.05) is 36.4 Å². The van der Waals surface area contributed by atoms with Gasteiger partial charge < -0.3 is 25.6 Å². The summed E-state index contributed by atoms with van der Waals surface area (Å²) in [5.41, 5.74) is 0.487. The van der Waals surface area contributed by atoms with Gasteiger partial charge in [0.15, 0.2) is 0 Å². The van der Waals surface area contributed by atoms with Gasteiger partial charge in [-0.25, -0.2) is 0 Å². The van der Waals surface area contributed by atoms with Crippen LogP contribution in [0.4, 0.5) is 0 Å². The third-order valence-corrected chi connectivity index (χ3v) is 19.5. The molecule has 0 aromatic rings. The molecule has 0 aliphatic carbocycles. The maximum Gasteiger partial charge on any atom is 0.489 e. The van der Waals surface area contributed by atoms with Crippen LogP contribution in [0.2, 0.25) is 16.6 Å². The fourth-order valence-corrected chi connectivity index (χ4v) is 19.8. The predicted molar refractivity (Wildman–Crippen MR) is 128 cm³/mol. The molecular formula is C21H48O6Si3. The van der Waals surface area contributed by atoms with Crippen molar-refractivity contribution < 1.29 is 25.6 Å². The van der Waals surface area contributed by atoms with E-state index in [1.807, 2.05) is 0 Å². The van der Waals surface area contributed by atoms with E-state index in [9.17, 15) is 0 Å². The van der Waals surface area contributed by atoms with E-state index >= 15 is 0 Å². The molecule has 0 amide bonds. The van der Waals surface area contributed by atoms with E-state index in [-0.39, 0.29) is 16.6 Å². The molecule has 1 saturated heterocycles. The highest BCUT2D eigenvalue weighted by Gasteiger charge is 2.71. The van der Waals surface area contributed by atoms with E-state index in [1.165, 1.54) is 0 Å². The zero-order valence-corrected chi connectivity index (χ0v) is 24.0. The van der Waals surface area contributed by atoms with Crippen LogP contribution in [0.25, 0.3) is 0 Å². The number of hydrogen-bond acceptors (Lipinski definition) is 6. The predicted octanol–water partition coefficient (Wildman–Crippen LogP) is 6.55. The maximum absolute atomic E-state index is 6.94. The van der Waals surface area contributed by atoms with Crippen LogP contribution >= 0.6 is 0 Å². The lowest BCUT2D eigenvalue weighted by Gasteiger charge is -2.54. The lowest BCUT2D eigenvalue weighted by atomic mass is 10.4. The summed E-state index contributed by atoms with van der Waals surface area (Å²) in [7, 11) is -9.26. The summed E-state index contributed by atoms with van der Waals surface area (Å²) < 4.78 is 40.5. The van der Waals surface area contributed by atoms with Crippen LogP contribution in [-0.4, -0.2) is 46.2 Å². The van der Waals surface area contributed by atoms with Crippen LogP contribution in [0.1, 0.15) is 101 Å². The molecule has 30 heavy (non-hydrogen) atoms. The normalized spacial score (nSPS) is 32.7. The number of rotatable bonds is 15. The van der Waals surface area contributed by atoms with Gasteiger partial charge in [0.05, 0.1) is 0 Å². The minimum Gasteiger partial charge on any atom is -0.374 e. The molecule has 180 valence electrons. The Balaban J connectivity index is 3.64. The van der Waals surface area contributed by atoms with Crippen LogP contribution in [0.5, 0.6) is 0 Å². The molecule has 9 heteroatoms. The molecule has 1 aliphatic rings. The average molecular weight is 481 g/mol. The van der Waals surface area contributed by atoms with Crippen molar-refractivity contribution in [2.24, 2.45) is 0 Å². The van der Waals surface area contributed by atoms with E-state index in [4.69, 9.17) is 25.6 Å². The van der Waals surface area contributed by atoms with Gasteiger partial charge in [-0.05, 0) is 38.5 Å². The molecule has 1 aliphatic heterocycles. The summed E-state index contributed by atoms with van der Waals surface area (Å²) in [5.74, 6) is 0. The first-order valence-corrected chi connectivity index (χ1v) is 17.7. The SMILES string of the molecule is CCCO[Si]1(C(C)CC)O[Si](OCCC)(C(C)CC)O[Si](OCCC)(C(C)CC)O1. The first-order chi connectivity index (χ1) is 14.2. The second-order valence-corrected chi connectivity index (χ2v) is 18.5. The molecule has 0 saturated carbocycles. The second kappa shape index (κ2) is 13.2. The van der Waals surface area contributed by atoms with Gasteiger partial charge >= 0.3 is 26.4 Å². The lowest BCUT2D eigenvalue weighted by Crippen LogP contribution is -2.76. The van der Waals surface area contributed by atoms with E-state index in [0.717, 1.165) is 38.5 Å². The standard InChI is InChI=1S/C21H48O6Si3/c1-10-16-22-28(19(7)13-4)25-29(20(8)14-5,23-17-11-2)27-30(26-28,21(9)15-6)24-18-12-3/h19-21H,10-18H2,1-9H3. The number of hydrogen-bond donors (Lipinski definition) is 0. The maximum atomic E-state index is 6.94. The van der Waals surface area contributed by atoms with Crippen molar-refractivity contribution in [2.45, 2.75) is 117 Å². The van der Waals surface area contributed by atoms with Gasteiger partial charge in [-0.2, -0.15) is 0 Å². The Labute approximate surface area is 189 Å². The van der Waals surface area contributed by atoms with Gasteiger partial charge in [0.25, 0.3) is 0 Å². The molecule has 0 aromatic heterocycles. The monoisotopic (exact) mass is 480 g/mol. The topological polar surface area (TPSA) is 55.4 Å². The van der Waals surface area contributed by atoms with Crippen molar-refractivity contribution in [1.29, 1.82) is 0 Å². The summed E-state index contributed by atoms with van der Waals surface area (Å²) in [4.78, 5) is 0. The van der Waals surface area contributed by atoms with Gasteiger partial charge in [-0.15, -0.1) is 0 Å². The molecule has 1 rings (SSSR count). The fraction of sp³-hybridized carbons (Fsp3) is 1.00. The summed E-state index contributed by atoms with van der Waals surface area (Å²) in [6.07, 6.45) is 5.52. The van der Waals surface area contributed by atoms with Gasteiger partial charge in [-0.3, -0.25) is 0 Å². The molecule has 1 fully saturated rings. The van der Waals surface area contributed by atoms with E-state index in [0.29, 0.717) is 19.8 Å². The van der Waals surface area contributed by atoms with Crippen molar-refractivity contribution in [2.75, 3.05) is 19.8 Å². The van der Waals surface area contributed by atoms with Gasteiger partial charge in [0.2, 0.25) is 0 Å². The second-order valence-electron chi connectivity index (χ2n) is 8.59. The van der Waals surface area contributed by atoms with E-state index in [1.54, 1.807) is 0 Å². The van der Waals surface area contributed by atoms with E-state index < -0.39 is 26.4 Å². The zero-order valence-electron chi connectivity index (χ0n) is 21.0. The third-order valence-electron chi connectivity index (χ3n) is 6.02. The van der Waals surface area contributed by atoms with Crippen LogP contribution < -0.4 is 0 Å². The summed E-state index contributed by atoms with van der Waals surface area (Å²) >= 11 is 0. The van der Waals surface area contributed by atoms with Gasteiger partial charge in [0.1, 0.15) is 0 Å². The molecule has 3 atom stereocenters. The molecule has 0 N–H and O–H groups in total. The average Bonchev–Trinajstić information content (AvgIpc) is 2.77. The minimum atomic E-state index is -3.09. The smallest absolute Gasteiger partial charge is 0.374 e. The Kier molecular flexibility index (Phi) is 12.5. The van der Waals surface area contributed by atoms with Crippen molar-refractivity contribution in [3.63, 3.8) is 0 Å². The summed E-state index contributed by atoms with van der Waals surface area (Å²) in [6, 6.07) is 0. The van der Waals surface area contributed by atoms with Crippen molar-refractivity contribution >= 4 is 26.4 Å². The summed E-state index contributed by atoms with van der Waals surface area (Å²) in [6.45, 7) is 21.3. The Morgan fingerprint density at radius 2 is 0.733 bits per heavy atom. The molecule has 3 unspecified atom stereocenters. The first kappa shape index (κ1) is 28.4. The minimum absolute atomic E-state index is 0.162. The van der Waals surface area contributed by atoms with Crippen molar-refractivity contribution in [3.05, 3.63) is 0 Å². The lowest BCUT2D eigenvalue weighted by molar-refractivity contribution is -0.00142. The van der Waals surface area contributed by atoms with Crippen LogP contribution in [0.3, 0.4) is 0 Å². The van der Waals surface area contributed by atoms with Crippen LogP contribution in [0.15, 0.2) is 0 Å². The molecule has 0 radical (unpaired) electrons. The van der Waals surface area contributed by atoms with Crippen molar-refractivity contribution in [3.8, 4) is 0 Å². The van der Waals surface area contributed by atoms with Gasteiger partial charge in [-0.1, -0.05) is 62.3 Å². The fourth-order valence-electron chi connectivity index (χ4n) is 3.35. The van der Waals surface area contributed by atoms with Crippen LogP contribution in [-0.2, 0) is 25.6 Å². The molecule has 0 bridgehead atoms.